The zero-order valence-corrected chi connectivity index (χ0v) is 9.15. The Morgan fingerprint density at radius 1 is 1.07 bits per heavy atom. The van der Waals surface area contributed by atoms with Crippen LogP contribution in [0.15, 0.2) is 24.3 Å². The molecule has 2 heteroatoms. The van der Waals surface area contributed by atoms with Crippen molar-refractivity contribution in [3.8, 4) is 5.75 Å². The number of aromatic hydroxyl groups is 1. The molecule has 2 nitrogen and oxygen atoms in total. The van der Waals surface area contributed by atoms with E-state index < -0.39 is 0 Å². The quantitative estimate of drug-likeness (QED) is 0.777. The highest BCUT2D eigenvalue weighted by Gasteiger charge is 2.15. The molecule has 3 N–H and O–H groups in total. The molecule has 0 unspecified atom stereocenters. The first-order chi connectivity index (χ1) is 7.34. The smallest absolute Gasteiger partial charge is 0.115 e. The molecule has 0 aromatic heterocycles. The van der Waals surface area contributed by atoms with Crippen LogP contribution >= 0.6 is 0 Å². The Balaban J connectivity index is 1.79. The lowest BCUT2D eigenvalue weighted by atomic mass is 9.95. The van der Waals surface area contributed by atoms with Crippen LogP contribution in [0.2, 0.25) is 0 Å². The summed E-state index contributed by atoms with van der Waals surface area (Å²) in [6.45, 7) is 1.05. The fraction of sp³-hybridized carbons (Fsp3) is 0.538. The van der Waals surface area contributed by atoms with Gasteiger partial charge in [0.2, 0.25) is 0 Å². The SMILES string of the molecule is Oc1ccc(C[NH2+]C2CCCCC2)cc1. The molecule has 1 aliphatic rings. The van der Waals surface area contributed by atoms with Gasteiger partial charge in [0.05, 0.1) is 6.04 Å². The number of quaternary nitrogens is 1. The molecule has 0 saturated heterocycles. The summed E-state index contributed by atoms with van der Waals surface area (Å²) in [5.41, 5.74) is 1.30. The van der Waals surface area contributed by atoms with E-state index in [1.807, 2.05) is 12.1 Å². The lowest BCUT2D eigenvalue weighted by Crippen LogP contribution is -2.88. The molecule has 0 aliphatic heterocycles. The maximum Gasteiger partial charge on any atom is 0.115 e. The predicted molar refractivity (Wildman–Crippen MR) is 60.6 cm³/mol. The van der Waals surface area contributed by atoms with Crippen molar-refractivity contribution in [1.82, 2.24) is 0 Å². The molecule has 0 spiro atoms. The summed E-state index contributed by atoms with van der Waals surface area (Å²) >= 11 is 0. The topological polar surface area (TPSA) is 36.8 Å². The van der Waals surface area contributed by atoms with Gasteiger partial charge >= 0.3 is 0 Å². The van der Waals surface area contributed by atoms with E-state index in [0.29, 0.717) is 5.75 Å². The molecule has 0 amide bonds. The van der Waals surface area contributed by atoms with E-state index in [1.165, 1.54) is 37.7 Å². The van der Waals surface area contributed by atoms with Gasteiger partial charge in [0.25, 0.3) is 0 Å². The van der Waals surface area contributed by atoms with Crippen LogP contribution in [0, 0.1) is 0 Å². The van der Waals surface area contributed by atoms with Gasteiger partial charge in [0.15, 0.2) is 0 Å². The third-order valence-electron chi connectivity index (χ3n) is 3.27. The van der Waals surface area contributed by atoms with Crippen molar-refractivity contribution in [2.24, 2.45) is 0 Å². The van der Waals surface area contributed by atoms with Gasteiger partial charge in [-0.25, -0.2) is 0 Å². The lowest BCUT2D eigenvalue weighted by molar-refractivity contribution is -0.706. The first kappa shape index (κ1) is 10.5. The summed E-state index contributed by atoms with van der Waals surface area (Å²) in [5, 5.41) is 11.6. The molecular formula is C13H20NO+. The van der Waals surface area contributed by atoms with Gasteiger partial charge in [0.1, 0.15) is 12.3 Å². The van der Waals surface area contributed by atoms with E-state index in [-0.39, 0.29) is 0 Å². The highest BCUT2D eigenvalue weighted by Crippen LogP contribution is 2.15. The number of nitrogens with two attached hydrogens (primary N) is 1. The molecule has 1 fully saturated rings. The number of phenolic OH excluding ortho intramolecular Hbond substituents is 1. The van der Waals surface area contributed by atoms with E-state index in [0.717, 1.165) is 12.6 Å². The fourth-order valence-corrected chi connectivity index (χ4v) is 2.30. The van der Waals surface area contributed by atoms with Crippen LogP contribution in [0.1, 0.15) is 37.7 Å². The van der Waals surface area contributed by atoms with E-state index >= 15 is 0 Å². The van der Waals surface area contributed by atoms with Crippen LogP contribution in [0.25, 0.3) is 0 Å². The van der Waals surface area contributed by atoms with Crippen molar-refractivity contribution < 1.29 is 10.4 Å². The molecular weight excluding hydrogens is 186 g/mol. The highest BCUT2D eigenvalue weighted by molar-refractivity contribution is 5.25. The zero-order chi connectivity index (χ0) is 10.5. The number of benzene rings is 1. The summed E-state index contributed by atoms with van der Waals surface area (Å²) in [7, 11) is 0. The van der Waals surface area contributed by atoms with Gasteiger partial charge in [-0.05, 0) is 49.9 Å². The molecule has 15 heavy (non-hydrogen) atoms. The van der Waals surface area contributed by atoms with Crippen LogP contribution in [-0.4, -0.2) is 11.1 Å². The molecule has 1 aromatic rings. The van der Waals surface area contributed by atoms with Gasteiger partial charge in [-0.3, -0.25) is 0 Å². The Hall–Kier alpha value is -1.02. The molecule has 2 rings (SSSR count). The van der Waals surface area contributed by atoms with Crippen LogP contribution in [0.4, 0.5) is 0 Å². The number of phenols is 1. The molecule has 0 atom stereocenters. The summed E-state index contributed by atoms with van der Waals surface area (Å²) in [5.74, 6) is 0.358. The number of hydrogen-bond donors (Lipinski definition) is 2. The Morgan fingerprint density at radius 2 is 1.73 bits per heavy atom. The monoisotopic (exact) mass is 206 g/mol. The standard InChI is InChI=1S/C13H19NO/c15-13-8-6-11(7-9-13)10-14-12-4-2-1-3-5-12/h6-9,12,14-15H,1-5,10H2/p+1. The largest absolute Gasteiger partial charge is 0.508 e. The molecule has 1 aliphatic carbocycles. The van der Waals surface area contributed by atoms with Gasteiger partial charge in [-0.1, -0.05) is 6.42 Å². The minimum Gasteiger partial charge on any atom is -0.508 e. The van der Waals surface area contributed by atoms with Gasteiger partial charge in [-0.15, -0.1) is 0 Å². The van der Waals surface area contributed by atoms with E-state index in [1.54, 1.807) is 12.1 Å². The van der Waals surface area contributed by atoms with Gasteiger partial charge < -0.3 is 10.4 Å². The van der Waals surface area contributed by atoms with Crippen molar-refractivity contribution in [3.63, 3.8) is 0 Å². The van der Waals surface area contributed by atoms with Crippen molar-refractivity contribution in [2.75, 3.05) is 0 Å². The van der Waals surface area contributed by atoms with Crippen LogP contribution in [0.3, 0.4) is 0 Å². The normalized spacial score (nSPS) is 17.9. The molecule has 0 heterocycles. The maximum atomic E-state index is 9.16. The zero-order valence-electron chi connectivity index (χ0n) is 9.15. The minimum atomic E-state index is 0.358. The Labute approximate surface area is 91.3 Å². The summed E-state index contributed by atoms with van der Waals surface area (Å²) in [4.78, 5) is 0. The minimum absolute atomic E-state index is 0.358. The van der Waals surface area contributed by atoms with Crippen molar-refractivity contribution in [3.05, 3.63) is 29.8 Å². The van der Waals surface area contributed by atoms with Gasteiger partial charge in [0, 0.05) is 5.56 Å². The second kappa shape index (κ2) is 5.17. The van der Waals surface area contributed by atoms with E-state index in [9.17, 15) is 0 Å². The summed E-state index contributed by atoms with van der Waals surface area (Å²) in [6.07, 6.45) is 6.97. The van der Waals surface area contributed by atoms with E-state index in [2.05, 4.69) is 5.32 Å². The Kier molecular flexibility index (Phi) is 3.62. The Bertz CT molecular complexity index is 288. The first-order valence-corrected chi connectivity index (χ1v) is 5.96. The second-order valence-corrected chi connectivity index (χ2v) is 4.50. The summed E-state index contributed by atoms with van der Waals surface area (Å²) < 4.78 is 0. The van der Waals surface area contributed by atoms with Crippen molar-refractivity contribution >= 4 is 0 Å². The molecule has 1 aromatic carbocycles. The van der Waals surface area contributed by atoms with Crippen molar-refractivity contribution in [2.45, 2.75) is 44.7 Å². The van der Waals surface area contributed by atoms with E-state index in [4.69, 9.17) is 5.11 Å². The van der Waals surface area contributed by atoms with Gasteiger partial charge in [-0.2, -0.15) is 0 Å². The van der Waals surface area contributed by atoms with Crippen LogP contribution in [0.5, 0.6) is 5.75 Å². The molecule has 1 saturated carbocycles. The first-order valence-electron chi connectivity index (χ1n) is 5.96. The third-order valence-corrected chi connectivity index (χ3v) is 3.27. The molecule has 82 valence electrons. The van der Waals surface area contributed by atoms with Crippen LogP contribution in [-0.2, 0) is 6.54 Å². The highest BCUT2D eigenvalue weighted by atomic mass is 16.3. The third kappa shape index (κ3) is 3.24. The summed E-state index contributed by atoms with van der Waals surface area (Å²) in [6, 6.07) is 8.38. The van der Waals surface area contributed by atoms with Crippen molar-refractivity contribution in [1.29, 1.82) is 0 Å². The lowest BCUT2D eigenvalue weighted by Gasteiger charge is -2.19. The predicted octanol–water partition coefficient (Wildman–Crippen LogP) is 1.79. The maximum absolute atomic E-state index is 9.16. The number of rotatable bonds is 3. The molecule has 0 radical (unpaired) electrons. The molecule has 0 bridgehead atoms. The van der Waals surface area contributed by atoms with Crippen LogP contribution < -0.4 is 5.32 Å². The Morgan fingerprint density at radius 3 is 2.40 bits per heavy atom. The average molecular weight is 206 g/mol. The average Bonchev–Trinajstić information content (AvgIpc) is 2.30. The second-order valence-electron chi connectivity index (χ2n) is 4.50. The number of hydrogen-bond acceptors (Lipinski definition) is 1. The fourth-order valence-electron chi connectivity index (χ4n) is 2.30.